The molecule has 2 rings (SSSR count). The van der Waals surface area contributed by atoms with Crippen molar-refractivity contribution < 1.29 is 22.1 Å². The molecule has 0 spiro atoms. The Kier molecular flexibility index (Phi) is 5.09. The lowest BCUT2D eigenvalue weighted by molar-refractivity contribution is -0.384. The highest BCUT2D eigenvalue weighted by Gasteiger charge is 2.19. The standard InChI is InChI=1S/C14H12F2N4O4S/c1-8(11-4-2-9(15)6-12(11)16)18-19-13-5-3-10(25(17,23)24)7-14(13)20(21)22/h2-7,19H,1H3,(H2,17,23,24)/b18-8+. The number of hydrogen-bond donors (Lipinski definition) is 2. The van der Waals surface area contributed by atoms with E-state index in [4.69, 9.17) is 5.14 Å². The number of nitrogens with one attached hydrogen (secondary N) is 1. The molecule has 0 amide bonds. The minimum atomic E-state index is -4.11. The summed E-state index contributed by atoms with van der Waals surface area (Å²) in [6, 6.07) is 5.84. The number of hydrogen-bond acceptors (Lipinski definition) is 6. The second-order valence-electron chi connectivity index (χ2n) is 4.91. The third kappa shape index (κ3) is 4.33. The molecule has 132 valence electrons. The van der Waals surface area contributed by atoms with Gasteiger partial charge in [-0.25, -0.2) is 22.3 Å². The zero-order valence-electron chi connectivity index (χ0n) is 12.7. The molecular formula is C14H12F2N4O4S. The average molecular weight is 370 g/mol. The van der Waals surface area contributed by atoms with E-state index in [-0.39, 0.29) is 17.0 Å². The van der Waals surface area contributed by atoms with E-state index in [2.05, 4.69) is 10.5 Å². The number of sulfonamides is 1. The smallest absolute Gasteiger partial charge is 0.271 e. The molecule has 8 nitrogen and oxygen atoms in total. The normalized spacial score (nSPS) is 12.1. The molecule has 0 unspecified atom stereocenters. The van der Waals surface area contributed by atoms with Gasteiger partial charge in [-0.1, -0.05) is 0 Å². The third-order valence-electron chi connectivity index (χ3n) is 3.16. The van der Waals surface area contributed by atoms with E-state index >= 15 is 0 Å². The van der Waals surface area contributed by atoms with Crippen LogP contribution in [0.4, 0.5) is 20.2 Å². The van der Waals surface area contributed by atoms with Crippen molar-refractivity contribution in [2.75, 3.05) is 5.43 Å². The molecule has 2 aromatic carbocycles. The molecule has 25 heavy (non-hydrogen) atoms. The molecule has 0 aliphatic rings. The molecule has 11 heteroatoms. The monoisotopic (exact) mass is 370 g/mol. The lowest BCUT2D eigenvalue weighted by atomic mass is 10.1. The third-order valence-corrected chi connectivity index (χ3v) is 4.07. The Morgan fingerprint density at radius 2 is 1.92 bits per heavy atom. The molecule has 0 aliphatic heterocycles. The van der Waals surface area contributed by atoms with Crippen molar-refractivity contribution in [3.63, 3.8) is 0 Å². The zero-order valence-corrected chi connectivity index (χ0v) is 13.5. The van der Waals surface area contributed by atoms with E-state index < -0.39 is 37.2 Å². The quantitative estimate of drug-likeness (QED) is 0.474. The second-order valence-corrected chi connectivity index (χ2v) is 6.48. The Morgan fingerprint density at radius 3 is 2.48 bits per heavy atom. The van der Waals surface area contributed by atoms with Crippen LogP contribution in [0.3, 0.4) is 0 Å². The molecule has 0 radical (unpaired) electrons. The summed E-state index contributed by atoms with van der Waals surface area (Å²) in [5.41, 5.74) is 1.75. The topological polar surface area (TPSA) is 128 Å². The van der Waals surface area contributed by atoms with Gasteiger partial charge < -0.3 is 0 Å². The van der Waals surface area contributed by atoms with Gasteiger partial charge in [0.1, 0.15) is 17.3 Å². The van der Waals surface area contributed by atoms with Gasteiger partial charge in [0.15, 0.2) is 0 Å². The van der Waals surface area contributed by atoms with Crippen molar-refractivity contribution >= 4 is 27.1 Å². The number of nitro groups is 1. The van der Waals surface area contributed by atoms with Gasteiger partial charge >= 0.3 is 0 Å². The van der Waals surface area contributed by atoms with Gasteiger partial charge in [-0.15, -0.1) is 0 Å². The first kappa shape index (κ1) is 18.4. The lowest BCUT2D eigenvalue weighted by Crippen LogP contribution is -2.12. The van der Waals surface area contributed by atoms with Crippen LogP contribution in [-0.4, -0.2) is 19.1 Å². The van der Waals surface area contributed by atoms with Crippen molar-refractivity contribution in [2.24, 2.45) is 10.2 Å². The number of benzene rings is 2. The van der Waals surface area contributed by atoms with E-state index in [1.54, 1.807) is 0 Å². The van der Waals surface area contributed by atoms with Gasteiger partial charge in [0.2, 0.25) is 10.0 Å². The number of halogens is 2. The highest BCUT2D eigenvalue weighted by Crippen LogP contribution is 2.27. The van der Waals surface area contributed by atoms with E-state index in [9.17, 15) is 27.3 Å². The summed E-state index contributed by atoms with van der Waals surface area (Å²) in [6.45, 7) is 1.41. The summed E-state index contributed by atoms with van der Waals surface area (Å²) in [5, 5.41) is 19.8. The van der Waals surface area contributed by atoms with Crippen LogP contribution in [-0.2, 0) is 10.0 Å². The maximum absolute atomic E-state index is 13.7. The van der Waals surface area contributed by atoms with Crippen LogP contribution < -0.4 is 10.6 Å². The van der Waals surface area contributed by atoms with Gasteiger partial charge in [0, 0.05) is 17.7 Å². The molecule has 0 saturated heterocycles. The fraction of sp³-hybridized carbons (Fsp3) is 0.0714. The van der Waals surface area contributed by atoms with E-state index in [1.807, 2.05) is 0 Å². The van der Waals surface area contributed by atoms with Crippen LogP contribution in [0.15, 0.2) is 46.4 Å². The maximum atomic E-state index is 13.7. The van der Waals surface area contributed by atoms with Crippen LogP contribution in [0.1, 0.15) is 12.5 Å². The number of nitrogens with two attached hydrogens (primary N) is 1. The van der Waals surface area contributed by atoms with Crippen LogP contribution in [0.25, 0.3) is 0 Å². The number of primary sulfonamides is 1. The molecule has 0 aromatic heterocycles. The Hall–Kier alpha value is -2.92. The first-order valence-corrected chi connectivity index (χ1v) is 8.21. The molecule has 0 atom stereocenters. The highest BCUT2D eigenvalue weighted by atomic mass is 32.2. The van der Waals surface area contributed by atoms with Crippen molar-refractivity contribution in [1.82, 2.24) is 0 Å². The molecule has 0 bridgehead atoms. The van der Waals surface area contributed by atoms with Crippen molar-refractivity contribution in [1.29, 1.82) is 0 Å². The molecule has 0 fully saturated rings. The summed E-state index contributed by atoms with van der Waals surface area (Å²) < 4.78 is 49.1. The largest absolute Gasteiger partial charge is 0.295 e. The number of hydrazone groups is 1. The van der Waals surface area contributed by atoms with Crippen LogP contribution in [0.2, 0.25) is 0 Å². The summed E-state index contributed by atoms with van der Waals surface area (Å²) in [5.74, 6) is -1.60. The molecule has 0 heterocycles. The molecule has 0 aliphatic carbocycles. The first-order chi connectivity index (χ1) is 11.6. The Bertz CT molecular complexity index is 977. The lowest BCUT2D eigenvalue weighted by Gasteiger charge is -2.07. The molecule has 0 saturated carbocycles. The van der Waals surface area contributed by atoms with Gasteiger partial charge in [-0.2, -0.15) is 5.10 Å². The Labute approximate surface area is 141 Å². The van der Waals surface area contributed by atoms with Crippen LogP contribution in [0, 0.1) is 21.7 Å². The summed E-state index contributed by atoms with van der Waals surface area (Å²) in [7, 11) is -4.11. The van der Waals surface area contributed by atoms with E-state index in [0.29, 0.717) is 6.07 Å². The van der Waals surface area contributed by atoms with E-state index in [1.165, 1.54) is 13.0 Å². The first-order valence-electron chi connectivity index (χ1n) is 6.66. The summed E-state index contributed by atoms with van der Waals surface area (Å²) in [4.78, 5) is 9.83. The second kappa shape index (κ2) is 6.91. The molecule has 2 aromatic rings. The molecule has 3 N–H and O–H groups in total. The minimum Gasteiger partial charge on any atom is -0.271 e. The maximum Gasteiger partial charge on any atom is 0.295 e. The van der Waals surface area contributed by atoms with E-state index in [0.717, 1.165) is 24.3 Å². The van der Waals surface area contributed by atoms with Gasteiger partial charge in [-0.05, 0) is 31.2 Å². The fourth-order valence-electron chi connectivity index (χ4n) is 1.92. The zero-order chi connectivity index (χ0) is 18.8. The molecular weight excluding hydrogens is 358 g/mol. The number of anilines is 1. The van der Waals surface area contributed by atoms with Crippen LogP contribution >= 0.6 is 0 Å². The predicted molar refractivity (Wildman–Crippen MR) is 86.7 cm³/mol. The summed E-state index contributed by atoms with van der Waals surface area (Å²) in [6.07, 6.45) is 0. The highest BCUT2D eigenvalue weighted by molar-refractivity contribution is 7.89. The number of rotatable bonds is 5. The Balaban J connectivity index is 2.38. The van der Waals surface area contributed by atoms with Gasteiger partial charge in [0.05, 0.1) is 15.5 Å². The van der Waals surface area contributed by atoms with Crippen LogP contribution in [0.5, 0.6) is 0 Å². The van der Waals surface area contributed by atoms with Gasteiger partial charge in [0.25, 0.3) is 5.69 Å². The SMILES string of the molecule is C/C(=N\Nc1ccc(S(N)(=O)=O)cc1[N+](=O)[O-])c1ccc(F)cc1F. The summed E-state index contributed by atoms with van der Waals surface area (Å²) >= 11 is 0. The fourth-order valence-corrected chi connectivity index (χ4v) is 2.45. The van der Waals surface area contributed by atoms with Gasteiger partial charge in [-0.3, -0.25) is 15.5 Å². The minimum absolute atomic E-state index is 0.00212. The number of nitrogens with zero attached hydrogens (tertiary/aromatic N) is 2. The van der Waals surface area contributed by atoms with Crippen molar-refractivity contribution in [3.05, 3.63) is 63.7 Å². The Morgan fingerprint density at radius 1 is 1.24 bits per heavy atom. The predicted octanol–water partition coefficient (Wildman–Crippen LogP) is 2.36. The van der Waals surface area contributed by atoms with Crippen molar-refractivity contribution in [2.45, 2.75) is 11.8 Å². The average Bonchev–Trinajstić information content (AvgIpc) is 2.51. The number of nitro benzene ring substituents is 1. The van der Waals surface area contributed by atoms with Crippen molar-refractivity contribution in [3.8, 4) is 0 Å².